The molecule has 0 spiro atoms. The largest absolute Gasteiger partial charge is 0.465 e. The number of esters is 1. The molecule has 0 saturated carbocycles. The van der Waals surface area contributed by atoms with Gasteiger partial charge in [0, 0.05) is 29.6 Å². The van der Waals surface area contributed by atoms with E-state index in [9.17, 15) is 4.79 Å². The molecule has 0 bridgehead atoms. The van der Waals surface area contributed by atoms with E-state index in [0.717, 1.165) is 12.8 Å². The molecule has 0 aliphatic rings. The van der Waals surface area contributed by atoms with Crippen molar-refractivity contribution in [2.45, 2.75) is 84.1 Å². The Morgan fingerprint density at radius 3 is 1.79 bits per heavy atom. The van der Waals surface area contributed by atoms with E-state index >= 15 is 0 Å². The molecule has 1 unspecified atom stereocenters. The molecule has 0 amide bonds. The first-order chi connectivity index (χ1) is 8.68. The molecule has 4 heteroatoms. The van der Waals surface area contributed by atoms with Crippen molar-refractivity contribution in [1.82, 2.24) is 0 Å². The molecule has 3 nitrogen and oxygen atoms in total. The van der Waals surface area contributed by atoms with Crippen LogP contribution in [0.1, 0.15) is 78.1 Å². The van der Waals surface area contributed by atoms with Crippen molar-refractivity contribution < 1.29 is 9.53 Å². The molecule has 1 atom stereocenters. The van der Waals surface area contributed by atoms with Crippen LogP contribution >= 0.6 is 0 Å². The number of unbranched alkanes of at least 4 members (excludes halogenated alkanes) is 9. The van der Waals surface area contributed by atoms with Gasteiger partial charge >= 0.3 is 5.97 Å². The molecule has 19 heavy (non-hydrogen) atoms. The van der Waals surface area contributed by atoms with Gasteiger partial charge in [-0.25, -0.2) is 0 Å². The third-order valence-electron chi connectivity index (χ3n) is 3.11. The smallest absolute Gasteiger partial charge is 0.322 e. The Balaban J connectivity index is 0. The van der Waals surface area contributed by atoms with Crippen LogP contribution in [-0.4, -0.2) is 48.2 Å². The standard InChI is InChI=1S/C15H31NO2.Na/c1-3-4-5-6-7-8-9-10-11-12-13-18-15(17)14(2)16;/h14H,3-13,16H2,1-2H3;. The molecule has 2 N–H and O–H groups in total. The fraction of sp³-hybridized carbons (Fsp3) is 0.933. The van der Waals surface area contributed by atoms with Crippen LogP contribution in [0.3, 0.4) is 0 Å². The van der Waals surface area contributed by atoms with Crippen LogP contribution in [0.2, 0.25) is 0 Å². The average Bonchev–Trinajstić information content (AvgIpc) is 2.35. The van der Waals surface area contributed by atoms with Crippen molar-refractivity contribution in [1.29, 1.82) is 0 Å². The van der Waals surface area contributed by atoms with Crippen LogP contribution in [0.5, 0.6) is 0 Å². The van der Waals surface area contributed by atoms with Gasteiger partial charge in [0.1, 0.15) is 6.04 Å². The summed E-state index contributed by atoms with van der Waals surface area (Å²) in [6.45, 7) is 4.43. The minimum Gasteiger partial charge on any atom is -0.465 e. The molecule has 0 heterocycles. The minimum atomic E-state index is -0.492. The molecule has 0 aromatic rings. The van der Waals surface area contributed by atoms with E-state index in [2.05, 4.69) is 6.92 Å². The first kappa shape index (κ1) is 21.7. The number of ether oxygens (including phenoxy) is 1. The van der Waals surface area contributed by atoms with Gasteiger partial charge in [-0.15, -0.1) is 0 Å². The van der Waals surface area contributed by atoms with Gasteiger partial charge in [0.25, 0.3) is 0 Å². The van der Waals surface area contributed by atoms with Gasteiger partial charge in [-0.3, -0.25) is 4.79 Å². The van der Waals surface area contributed by atoms with E-state index in [-0.39, 0.29) is 35.5 Å². The molecule has 0 aliphatic heterocycles. The second-order valence-corrected chi connectivity index (χ2v) is 5.14. The van der Waals surface area contributed by atoms with Crippen molar-refractivity contribution in [2.24, 2.45) is 5.73 Å². The maximum Gasteiger partial charge on any atom is 0.322 e. The monoisotopic (exact) mass is 280 g/mol. The third kappa shape index (κ3) is 16.4. The van der Waals surface area contributed by atoms with E-state index in [1.54, 1.807) is 6.92 Å². The molecular formula is C15H31NNaO2. The summed E-state index contributed by atoms with van der Waals surface area (Å²) in [7, 11) is 0. The molecule has 109 valence electrons. The normalized spacial score (nSPS) is 11.7. The van der Waals surface area contributed by atoms with Crippen molar-refractivity contribution in [3.05, 3.63) is 0 Å². The Hall–Kier alpha value is 0.430. The first-order valence-corrected chi connectivity index (χ1v) is 7.60. The Morgan fingerprint density at radius 2 is 1.37 bits per heavy atom. The van der Waals surface area contributed by atoms with E-state index in [1.807, 2.05) is 0 Å². The second-order valence-electron chi connectivity index (χ2n) is 5.14. The number of hydrogen-bond donors (Lipinski definition) is 1. The van der Waals surface area contributed by atoms with Gasteiger partial charge < -0.3 is 10.5 Å². The summed E-state index contributed by atoms with van der Waals surface area (Å²) in [5, 5.41) is 0. The molecule has 0 aromatic heterocycles. The number of carbonyl (C=O) groups excluding carboxylic acids is 1. The summed E-state index contributed by atoms with van der Waals surface area (Å²) in [6.07, 6.45) is 12.9. The van der Waals surface area contributed by atoms with Crippen molar-refractivity contribution in [2.75, 3.05) is 6.61 Å². The van der Waals surface area contributed by atoms with Gasteiger partial charge in [-0.05, 0) is 13.3 Å². The third-order valence-corrected chi connectivity index (χ3v) is 3.11. The molecule has 1 radical (unpaired) electrons. The molecule has 0 saturated heterocycles. The van der Waals surface area contributed by atoms with E-state index < -0.39 is 6.04 Å². The molecule has 0 rings (SSSR count). The Morgan fingerprint density at radius 1 is 0.947 bits per heavy atom. The molecule has 0 fully saturated rings. The van der Waals surface area contributed by atoms with Crippen molar-refractivity contribution in [3.8, 4) is 0 Å². The van der Waals surface area contributed by atoms with Crippen LogP contribution in [0.25, 0.3) is 0 Å². The minimum absolute atomic E-state index is 0. The van der Waals surface area contributed by atoms with Crippen molar-refractivity contribution >= 4 is 35.5 Å². The van der Waals surface area contributed by atoms with Crippen LogP contribution in [0, 0.1) is 0 Å². The number of nitrogens with two attached hydrogens (primary N) is 1. The van der Waals surface area contributed by atoms with Crippen molar-refractivity contribution in [3.63, 3.8) is 0 Å². The van der Waals surface area contributed by atoms with Crippen LogP contribution in [0.4, 0.5) is 0 Å². The van der Waals surface area contributed by atoms with Gasteiger partial charge in [0.2, 0.25) is 0 Å². The second kappa shape index (κ2) is 16.5. The maximum atomic E-state index is 11.1. The first-order valence-electron chi connectivity index (χ1n) is 7.60. The van der Waals surface area contributed by atoms with Crippen LogP contribution < -0.4 is 5.73 Å². The Bertz CT molecular complexity index is 199. The molecular weight excluding hydrogens is 249 g/mol. The van der Waals surface area contributed by atoms with Gasteiger partial charge in [-0.2, -0.15) is 0 Å². The quantitative estimate of drug-likeness (QED) is 0.338. The summed E-state index contributed by atoms with van der Waals surface area (Å²) in [5.74, 6) is -0.286. The Kier molecular flexibility index (Phi) is 18.8. The zero-order chi connectivity index (χ0) is 13.6. The number of carbonyl (C=O) groups is 1. The molecule has 0 aromatic carbocycles. The SMILES string of the molecule is CCCCCCCCCCCCOC(=O)C(C)N.[Na]. The summed E-state index contributed by atoms with van der Waals surface area (Å²) >= 11 is 0. The van der Waals surface area contributed by atoms with Gasteiger partial charge in [0.15, 0.2) is 0 Å². The van der Waals surface area contributed by atoms with Gasteiger partial charge in [-0.1, -0.05) is 64.7 Å². The number of rotatable bonds is 12. The van der Waals surface area contributed by atoms with E-state index in [4.69, 9.17) is 10.5 Å². The van der Waals surface area contributed by atoms with E-state index in [0.29, 0.717) is 6.61 Å². The summed E-state index contributed by atoms with van der Waals surface area (Å²) < 4.78 is 5.01. The van der Waals surface area contributed by atoms with Crippen LogP contribution in [-0.2, 0) is 9.53 Å². The fourth-order valence-corrected chi connectivity index (χ4v) is 1.89. The predicted octanol–water partition coefficient (Wildman–Crippen LogP) is 3.42. The summed E-state index contributed by atoms with van der Waals surface area (Å²) in [5.41, 5.74) is 5.39. The molecule has 0 aliphatic carbocycles. The number of hydrogen-bond acceptors (Lipinski definition) is 3. The predicted molar refractivity (Wildman–Crippen MR) is 82.2 cm³/mol. The zero-order valence-corrected chi connectivity index (χ0v) is 15.2. The van der Waals surface area contributed by atoms with Crippen LogP contribution in [0.15, 0.2) is 0 Å². The zero-order valence-electron chi connectivity index (χ0n) is 13.2. The maximum absolute atomic E-state index is 11.1. The topological polar surface area (TPSA) is 52.3 Å². The Labute approximate surface area is 141 Å². The summed E-state index contributed by atoms with van der Waals surface area (Å²) in [6, 6.07) is -0.492. The average molecular weight is 280 g/mol. The van der Waals surface area contributed by atoms with Gasteiger partial charge in [0.05, 0.1) is 6.61 Å². The van der Waals surface area contributed by atoms with E-state index in [1.165, 1.54) is 51.4 Å². The fourth-order valence-electron chi connectivity index (χ4n) is 1.89. The summed E-state index contributed by atoms with van der Waals surface area (Å²) in [4.78, 5) is 11.1.